The number of ether oxygens (including phenoxy) is 1. The lowest BCUT2D eigenvalue weighted by atomic mass is 9.87. The Kier molecular flexibility index (Phi) is 5.56. The van der Waals surface area contributed by atoms with Gasteiger partial charge < -0.3 is 14.7 Å². The average molecular weight is 374 g/mol. The summed E-state index contributed by atoms with van der Waals surface area (Å²) in [7, 11) is 0. The molecule has 138 valence electrons. The molecule has 1 fully saturated rings. The second-order valence-electron chi connectivity index (χ2n) is 6.64. The zero-order chi connectivity index (χ0) is 18.7. The van der Waals surface area contributed by atoms with E-state index in [9.17, 15) is 14.7 Å². The Hall–Kier alpha value is -2.41. The summed E-state index contributed by atoms with van der Waals surface area (Å²) >= 11 is 1.58. The number of nitrogens with zero attached hydrogens (tertiary/aromatic N) is 2. The van der Waals surface area contributed by atoms with Gasteiger partial charge >= 0.3 is 5.97 Å². The first-order valence-corrected chi connectivity index (χ1v) is 9.48. The molecule has 0 radical (unpaired) electrons. The Morgan fingerprint density at radius 1 is 1.42 bits per heavy atom. The molecule has 2 atom stereocenters. The molecular weight excluding hydrogens is 352 g/mol. The molecule has 1 N–H and O–H groups in total. The van der Waals surface area contributed by atoms with Crippen molar-refractivity contribution >= 4 is 23.2 Å². The van der Waals surface area contributed by atoms with Gasteiger partial charge in [-0.25, -0.2) is 4.98 Å². The summed E-state index contributed by atoms with van der Waals surface area (Å²) in [5, 5.41) is 12.2. The lowest BCUT2D eigenvalue weighted by molar-refractivity contribution is -0.145. The molecular formula is C19H22N2O4S. The molecule has 2 unspecified atom stereocenters. The number of carboxylic acids is 1. The average Bonchev–Trinajstić information content (AvgIpc) is 3.04. The standard InChI is InChI=1S/C19H22N2O4S/c1-12-9-21(7-6-17(12)19(23)24)18(22)14-4-3-5-16(8-14)25-10-15-11-26-13(2)20-15/h3-5,8,11-12,17H,6-7,9-10H2,1-2H3,(H,23,24). The van der Waals surface area contributed by atoms with Gasteiger partial charge in [0, 0.05) is 24.0 Å². The maximum atomic E-state index is 12.8. The molecule has 7 heteroatoms. The molecule has 26 heavy (non-hydrogen) atoms. The van der Waals surface area contributed by atoms with Gasteiger partial charge in [0.2, 0.25) is 0 Å². The van der Waals surface area contributed by atoms with Gasteiger partial charge in [0.25, 0.3) is 5.91 Å². The topological polar surface area (TPSA) is 79.7 Å². The monoisotopic (exact) mass is 374 g/mol. The summed E-state index contributed by atoms with van der Waals surface area (Å²) < 4.78 is 5.75. The Bertz CT molecular complexity index is 804. The van der Waals surface area contributed by atoms with E-state index >= 15 is 0 Å². The minimum atomic E-state index is -0.780. The summed E-state index contributed by atoms with van der Waals surface area (Å²) in [5.41, 5.74) is 1.42. The SMILES string of the molecule is Cc1nc(COc2cccc(C(=O)N3CCC(C(=O)O)C(C)C3)c2)cs1. The first kappa shape index (κ1) is 18.4. The van der Waals surface area contributed by atoms with Crippen LogP contribution in [0.25, 0.3) is 0 Å². The van der Waals surface area contributed by atoms with Crippen LogP contribution in [-0.2, 0) is 11.4 Å². The van der Waals surface area contributed by atoms with Crippen LogP contribution in [0.5, 0.6) is 5.75 Å². The van der Waals surface area contributed by atoms with Crippen LogP contribution in [0.4, 0.5) is 0 Å². The fourth-order valence-electron chi connectivity index (χ4n) is 3.23. The van der Waals surface area contributed by atoms with Gasteiger partial charge in [0.1, 0.15) is 12.4 Å². The van der Waals surface area contributed by atoms with Crippen LogP contribution in [0.1, 0.15) is 34.4 Å². The second-order valence-corrected chi connectivity index (χ2v) is 7.70. The van der Waals surface area contributed by atoms with Crippen molar-refractivity contribution in [3.05, 3.63) is 45.9 Å². The molecule has 1 aliphatic rings. The van der Waals surface area contributed by atoms with Crippen LogP contribution in [0.2, 0.25) is 0 Å². The second kappa shape index (κ2) is 7.86. The molecule has 0 aliphatic carbocycles. The minimum Gasteiger partial charge on any atom is -0.487 e. The molecule has 0 saturated carbocycles. The fraction of sp³-hybridized carbons (Fsp3) is 0.421. The summed E-state index contributed by atoms with van der Waals surface area (Å²) in [6.45, 7) is 5.11. The summed E-state index contributed by atoms with van der Waals surface area (Å²) in [6.07, 6.45) is 0.488. The fourth-order valence-corrected chi connectivity index (χ4v) is 3.83. The lowest BCUT2D eigenvalue weighted by Crippen LogP contribution is -2.45. The number of carbonyl (C=O) groups excluding carboxylic acids is 1. The Morgan fingerprint density at radius 2 is 2.23 bits per heavy atom. The van der Waals surface area contributed by atoms with E-state index in [1.54, 1.807) is 34.4 Å². The zero-order valence-corrected chi connectivity index (χ0v) is 15.7. The maximum absolute atomic E-state index is 12.8. The first-order valence-electron chi connectivity index (χ1n) is 8.60. The highest BCUT2D eigenvalue weighted by atomic mass is 32.1. The maximum Gasteiger partial charge on any atom is 0.306 e. The van der Waals surface area contributed by atoms with E-state index in [1.165, 1.54) is 0 Å². The lowest BCUT2D eigenvalue weighted by Gasteiger charge is -2.35. The van der Waals surface area contributed by atoms with Gasteiger partial charge in [-0.1, -0.05) is 13.0 Å². The number of thiazole rings is 1. The number of carbonyl (C=O) groups is 2. The number of hydrogen-bond acceptors (Lipinski definition) is 5. The van der Waals surface area contributed by atoms with Crippen LogP contribution < -0.4 is 4.74 Å². The van der Waals surface area contributed by atoms with Crippen molar-refractivity contribution in [2.45, 2.75) is 26.9 Å². The van der Waals surface area contributed by atoms with Crippen LogP contribution in [-0.4, -0.2) is 40.0 Å². The summed E-state index contributed by atoms with van der Waals surface area (Å²) in [5.74, 6) is -0.685. The summed E-state index contributed by atoms with van der Waals surface area (Å²) in [4.78, 5) is 30.1. The van der Waals surface area contributed by atoms with Gasteiger partial charge in [-0.2, -0.15) is 0 Å². The van der Waals surface area contributed by atoms with Gasteiger partial charge in [0.05, 0.1) is 16.6 Å². The molecule has 1 amide bonds. The van der Waals surface area contributed by atoms with E-state index in [0.717, 1.165) is 10.7 Å². The predicted octanol–water partition coefficient (Wildman–Crippen LogP) is 3.21. The van der Waals surface area contributed by atoms with E-state index in [2.05, 4.69) is 4.98 Å². The highest BCUT2D eigenvalue weighted by Crippen LogP contribution is 2.25. The largest absolute Gasteiger partial charge is 0.487 e. The van der Waals surface area contributed by atoms with Crippen molar-refractivity contribution < 1.29 is 19.4 Å². The number of likely N-dealkylation sites (tertiary alicyclic amines) is 1. The highest BCUT2D eigenvalue weighted by Gasteiger charge is 2.33. The Balaban J connectivity index is 1.64. The van der Waals surface area contributed by atoms with Crippen molar-refractivity contribution in [1.29, 1.82) is 0 Å². The van der Waals surface area contributed by atoms with Gasteiger partial charge in [0.15, 0.2) is 0 Å². The third-order valence-corrected chi connectivity index (χ3v) is 5.47. The van der Waals surface area contributed by atoms with Crippen molar-refractivity contribution in [3.8, 4) is 5.75 Å². The molecule has 0 bridgehead atoms. The Morgan fingerprint density at radius 3 is 2.88 bits per heavy atom. The van der Waals surface area contributed by atoms with Crippen molar-refractivity contribution in [2.24, 2.45) is 11.8 Å². The number of benzene rings is 1. The molecule has 1 aliphatic heterocycles. The molecule has 6 nitrogen and oxygen atoms in total. The Labute approximate surface area is 156 Å². The molecule has 1 aromatic heterocycles. The number of hydrogen-bond donors (Lipinski definition) is 1. The molecule has 2 aromatic rings. The van der Waals surface area contributed by atoms with Gasteiger partial charge in [-0.15, -0.1) is 11.3 Å². The number of piperidine rings is 1. The van der Waals surface area contributed by atoms with Crippen LogP contribution >= 0.6 is 11.3 Å². The van der Waals surface area contributed by atoms with Crippen molar-refractivity contribution in [3.63, 3.8) is 0 Å². The third kappa shape index (κ3) is 4.22. The van der Waals surface area contributed by atoms with Crippen molar-refractivity contribution in [2.75, 3.05) is 13.1 Å². The normalized spacial score (nSPS) is 20.0. The predicted molar refractivity (Wildman–Crippen MR) is 98.4 cm³/mol. The zero-order valence-electron chi connectivity index (χ0n) is 14.8. The number of rotatable bonds is 5. The first-order chi connectivity index (χ1) is 12.4. The molecule has 0 spiro atoms. The van der Waals surface area contributed by atoms with E-state index in [4.69, 9.17) is 4.74 Å². The number of aliphatic carboxylic acids is 1. The van der Waals surface area contributed by atoms with Crippen LogP contribution in [0.15, 0.2) is 29.6 Å². The molecule has 3 rings (SSSR count). The minimum absolute atomic E-state index is 0.0578. The van der Waals surface area contributed by atoms with Crippen LogP contribution in [0, 0.1) is 18.8 Å². The van der Waals surface area contributed by atoms with Crippen LogP contribution in [0.3, 0.4) is 0 Å². The highest BCUT2D eigenvalue weighted by molar-refractivity contribution is 7.09. The van der Waals surface area contributed by atoms with E-state index in [0.29, 0.717) is 37.4 Å². The quantitative estimate of drug-likeness (QED) is 0.869. The molecule has 2 heterocycles. The smallest absolute Gasteiger partial charge is 0.306 e. The number of aromatic nitrogens is 1. The molecule has 1 saturated heterocycles. The van der Waals surface area contributed by atoms with E-state index in [1.807, 2.05) is 25.3 Å². The van der Waals surface area contributed by atoms with E-state index < -0.39 is 5.97 Å². The number of aryl methyl sites for hydroxylation is 1. The van der Waals surface area contributed by atoms with E-state index in [-0.39, 0.29) is 17.7 Å². The molecule has 1 aromatic carbocycles. The van der Waals surface area contributed by atoms with Crippen molar-refractivity contribution in [1.82, 2.24) is 9.88 Å². The summed E-state index contributed by atoms with van der Waals surface area (Å²) in [6, 6.07) is 7.10. The van der Waals surface area contributed by atoms with Gasteiger partial charge in [-0.05, 0) is 37.5 Å². The van der Waals surface area contributed by atoms with Gasteiger partial charge in [-0.3, -0.25) is 9.59 Å². The number of amides is 1. The number of carboxylic acid groups (broad SMARTS) is 1. The third-order valence-electron chi connectivity index (χ3n) is 4.64.